The number of hydrazine groups is 1. The molecule has 1 aliphatic heterocycles. The number of benzene rings is 1. The number of anilines is 1. The van der Waals surface area contributed by atoms with Crippen LogP contribution in [-0.4, -0.2) is 37.1 Å². The van der Waals surface area contributed by atoms with Gasteiger partial charge in [-0.1, -0.05) is 0 Å². The van der Waals surface area contributed by atoms with Crippen LogP contribution in [0, 0.1) is 6.92 Å². The molecule has 104 valence electrons. The fraction of sp³-hybridized carbons (Fsp3) is 0.500. The highest BCUT2D eigenvalue weighted by atomic mass is 16.5. The van der Waals surface area contributed by atoms with E-state index < -0.39 is 0 Å². The van der Waals surface area contributed by atoms with Crippen molar-refractivity contribution in [2.24, 2.45) is 5.84 Å². The standard InChI is InChI=1S/C14H21N3O2/c1-10-8-11(5-6-13(10)16-15)14(18)17-7-3-4-12(9-17)19-2/h5-6,8,12,16H,3-4,7,9,15H2,1-2H3. The van der Waals surface area contributed by atoms with Gasteiger partial charge in [-0.05, 0) is 43.5 Å². The molecule has 19 heavy (non-hydrogen) atoms. The molecule has 2 rings (SSSR count). The van der Waals surface area contributed by atoms with Gasteiger partial charge in [-0.25, -0.2) is 0 Å². The van der Waals surface area contributed by atoms with Crippen LogP contribution in [0.2, 0.25) is 0 Å². The highest BCUT2D eigenvalue weighted by Crippen LogP contribution is 2.19. The zero-order valence-corrected chi connectivity index (χ0v) is 11.5. The first-order valence-electron chi connectivity index (χ1n) is 6.55. The van der Waals surface area contributed by atoms with Crippen molar-refractivity contribution in [2.45, 2.75) is 25.9 Å². The lowest BCUT2D eigenvalue weighted by Crippen LogP contribution is -2.42. The average Bonchev–Trinajstić information content (AvgIpc) is 2.46. The number of methoxy groups -OCH3 is 1. The molecule has 0 aliphatic carbocycles. The average molecular weight is 263 g/mol. The molecule has 0 saturated carbocycles. The monoisotopic (exact) mass is 263 g/mol. The Bertz CT molecular complexity index is 462. The smallest absolute Gasteiger partial charge is 0.253 e. The van der Waals surface area contributed by atoms with Crippen molar-refractivity contribution in [1.29, 1.82) is 0 Å². The molecule has 1 amide bonds. The minimum atomic E-state index is 0.0634. The molecule has 5 nitrogen and oxygen atoms in total. The number of amides is 1. The maximum atomic E-state index is 12.4. The van der Waals surface area contributed by atoms with E-state index in [9.17, 15) is 4.79 Å². The van der Waals surface area contributed by atoms with Gasteiger partial charge in [0.25, 0.3) is 5.91 Å². The van der Waals surface area contributed by atoms with Crippen molar-refractivity contribution in [3.8, 4) is 0 Å². The van der Waals surface area contributed by atoms with E-state index in [1.165, 1.54) is 0 Å². The molecule has 1 fully saturated rings. The number of aryl methyl sites for hydroxylation is 1. The number of likely N-dealkylation sites (tertiary alicyclic amines) is 1. The Kier molecular flexibility index (Phi) is 4.39. The quantitative estimate of drug-likeness (QED) is 0.641. The minimum Gasteiger partial charge on any atom is -0.380 e. The van der Waals surface area contributed by atoms with Crippen molar-refractivity contribution < 1.29 is 9.53 Å². The number of nitrogens with zero attached hydrogens (tertiary/aromatic N) is 1. The Morgan fingerprint density at radius 1 is 1.53 bits per heavy atom. The molecule has 1 aromatic carbocycles. The van der Waals surface area contributed by atoms with E-state index in [0.29, 0.717) is 12.1 Å². The van der Waals surface area contributed by atoms with Crippen molar-refractivity contribution in [2.75, 3.05) is 25.6 Å². The summed E-state index contributed by atoms with van der Waals surface area (Å²) in [5.74, 6) is 5.46. The maximum Gasteiger partial charge on any atom is 0.253 e. The highest BCUT2D eigenvalue weighted by Gasteiger charge is 2.24. The topological polar surface area (TPSA) is 67.6 Å². The molecule has 1 aromatic rings. The first-order valence-corrected chi connectivity index (χ1v) is 6.55. The first kappa shape index (κ1) is 13.8. The van der Waals surface area contributed by atoms with Crippen molar-refractivity contribution in [1.82, 2.24) is 4.90 Å². The lowest BCUT2D eigenvalue weighted by molar-refractivity contribution is 0.0269. The maximum absolute atomic E-state index is 12.4. The summed E-state index contributed by atoms with van der Waals surface area (Å²) in [6, 6.07) is 5.51. The molecule has 1 unspecified atom stereocenters. The summed E-state index contributed by atoms with van der Waals surface area (Å²) in [4.78, 5) is 14.3. The van der Waals surface area contributed by atoms with Gasteiger partial charge in [-0.15, -0.1) is 0 Å². The lowest BCUT2D eigenvalue weighted by Gasteiger charge is -2.32. The van der Waals surface area contributed by atoms with E-state index >= 15 is 0 Å². The summed E-state index contributed by atoms with van der Waals surface area (Å²) in [6.45, 7) is 3.40. The van der Waals surface area contributed by atoms with Gasteiger partial charge >= 0.3 is 0 Å². The third kappa shape index (κ3) is 3.05. The Morgan fingerprint density at radius 3 is 2.95 bits per heavy atom. The van der Waals surface area contributed by atoms with E-state index in [4.69, 9.17) is 10.6 Å². The number of hydrogen-bond donors (Lipinski definition) is 2. The molecule has 3 N–H and O–H groups in total. The van der Waals surface area contributed by atoms with Gasteiger partial charge in [0, 0.05) is 25.8 Å². The molecule has 1 saturated heterocycles. The van der Waals surface area contributed by atoms with Gasteiger partial charge in [0.1, 0.15) is 0 Å². The Hall–Kier alpha value is -1.59. The fourth-order valence-electron chi connectivity index (χ4n) is 2.46. The van der Waals surface area contributed by atoms with Crippen LogP contribution >= 0.6 is 0 Å². The van der Waals surface area contributed by atoms with Crippen LogP contribution < -0.4 is 11.3 Å². The van der Waals surface area contributed by atoms with Gasteiger partial charge < -0.3 is 15.1 Å². The highest BCUT2D eigenvalue weighted by molar-refractivity contribution is 5.95. The summed E-state index contributed by atoms with van der Waals surface area (Å²) in [5, 5.41) is 0. The Morgan fingerprint density at radius 2 is 2.32 bits per heavy atom. The summed E-state index contributed by atoms with van der Waals surface area (Å²) in [5.41, 5.74) is 5.12. The SMILES string of the molecule is COC1CCCN(C(=O)c2ccc(NN)c(C)c2)C1. The van der Waals surface area contributed by atoms with Crippen LogP contribution in [0.1, 0.15) is 28.8 Å². The number of nitrogens with one attached hydrogen (secondary N) is 1. The molecule has 0 spiro atoms. The predicted molar refractivity (Wildman–Crippen MR) is 74.9 cm³/mol. The number of rotatable bonds is 3. The second-order valence-corrected chi connectivity index (χ2v) is 4.93. The van der Waals surface area contributed by atoms with Crippen LogP contribution in [0.25, 0.3) is 0 Å². The second kappa shape index (κ2) is 6.04. The zero-order chi connectivity index (χ0) is 13.8. The largest absolute Gasteiger partial charge is 0.380 e. The number of piperidine rings is 1. The van der Waals surface area contributed by atoms with Crippen LogP contribution in [0.4, 0.5) is 5.69 Å². The van der Waals surface area contributed by atoms with E-state index in [0.717, 1.165) is 30.6 Å². The van der Waals surface area contributed by atoms with Gasteiger partial charge in [-0.2, -0.15) is 0 Å². The van der Waals surface area contributed by atoms with E-state index in [1.807, 2.05) is 24.0 Å². The molecule has 1 aliphatic rings. The number of nitrogens with two attached hydrogens (primary N) is 1. The second-order valence-electron chi connectivity index (χ2n) is 4.93. The predicted octanol–water partition coefficient (Wildman–Crippen LogP) is 1.53. The molecule has 0 radical (unpaired) electrons. The van der Waals surface area contributed by atoms with Gasteiger partial charge in [-0.3, -0.25) is 10.6 Å². The minimum absolute atomic E-state index is 0.0634. The van der Waals surface area contributed by atoms with Crippen LogP contribution in [0.15, 0.2) is 18.2 Å². The van der Waals surface area contributed by atoms with Crippen LogP contribution in [0.3, 0.4) is 0 Å². The third-order valence-electron chi connectivity index (χ3n) is 3.63. The van der Waals surface area contributed by atoms with Gasteiger partial charge in [0.2, 0.25) is 0 Å². The molecular weight excluding hydrogens is 242 g/mol. The van der Waals surface area contributed by atoms with Crippen molar-refractivity contribution >= 4 is 11.6 Å². The molecule has 0 aromatic heterocycles. The Balaban J connectivity index is 2.12. The molecule has 1 atom stereocenters. The number of nitrogen functional groups attached to an aromatic ring is 1. The number of hydrogen-bond acceptors (Lipinski definition) is 4. The van der Waals surface area contributed by atoms with Crippen LogP contribution in [0.5, 0.6) is 0 Å². The number of carbonyl (C=O) groups is 1. The van der Waals surface area contributed by atoms with Gasteiger partial charge in [0.05, 0.1) is 11.8 Å². The van der Waals surface area contributed by atoms with Crippen molar-refractivity contribution in [3.05, 3.63) is 29.3 Å². The number of carbonyl (C=O) groups excluding carboxylic acids is 1. The van der Waals surface area contributed by atoms with Crippen molar-refractivity contribution in [3.63, 3.8) is 0 Å². The fourth-order valence-corrected chi connectivity index (χ4v) is 2.46. The molecule has 5 heteroatoms. The van der Waals surface area contributed by atoms with Crippen LogP contribution in [-0.2, 0) is 4.74 Å². The normalized spacial score (nSPS) is 19.3. The van der Waals surface area contributed by atoms with Gasteiger partial charge in [0.15, 0.2) is 0 Å². The molecular formula is C14H21N3O2. The summed E-state index contributed by atoms with van der Waals surface area (Å²) < 4.78 is 5.35. The molecule has 1 heterocycles. The molecule has 0 bridgehead atoms. The zero-order valence-electron chi connectivity index (χ0n) is 11.5. The van der Waals surface area contributed by atoms with E-state index in [-0.39, 0.29) is 12.0 Å². The number of ether oxygens (including phenoxy) is 1. The Labute approximate surface area is 113 Å². The summed E-state index contributed by atoms with van der Waals surface area (Å²) >= 11 is 0. The lowest BCUT2D eigenvalue weighted by atomic mass is 10.0. The third-order valence-corrected chi connectivity index (χ3v) is 3.63. The van der Waals surface area contributed by atoms with E-state index in [1.54, 1.807) is 13.2 Å². The first-order chi connectivity index (χ1) is 9.15. The summed E-state index contributed by atoms with van der Waals surface area (Å²) in [7, 11) is 1.70. The summed E-state index contributed by atoms with van der Waals surface area (Å²) in [6.07, 6.45) is 2.17. The van der Waals surface area contributed by atoms with E-state index in [2.05, 4.69) is 5.43 Å².